The molecule has 0 aromatic heterocycles. The molecule has 4 heteroatoms. The third-order valence-corrected chi connectivity index (χ3v) is 6.89. The van der Waals surface area contributed by atoms with Gasteiger partial charge in [-0.25, -0.2) is 0 Å². The predicted octanol–water partition coefficient (Wildman–Crippen LogP) is 5.52. The van der Waals surface area contributed by atoms with Crippen LogP contribution in [0.4, 0.5) is 5.69 Å². The summed E-state index contributed by atoms with van der Waals surface area (Å²) in [5.74, 6) is 0.730. The van der Waals surface area contributed by atoms with Gasteiger partial charge in [0, 0.05) is 23.4 Å². The number of hydrogen-bond donors (Lipinski definition) is 1. The fourth-order valence-electron chi connectivity index (χ4n) is 4.40. The van der Waals surface area contributed by atoms with Gasteiger partial charge in [0.1, 0.15) is 17.5 Å². The fraction of sp³-hybridized carbons (Fsp3) is 0.440. The molecule has 0 atom stereocenters. The maximum absolute atomic E-state index is 13.1. The van der Waals surface area contributed by atoms with E-state index in [1.165, 1.54) is 10.5 Å². The molecule has 3 rings (SSSR count). The molecule has 2 N–H and O–H groups in total. The van der Waals surface area contributed by atoms with E-state index >= 15 is 0 Å². The summed E-state index contributed by atoms with van der Waals surface area (Å²) < 4.78 is 0. The van der Waals surface area contributed by atoms with Gasteiger partial charge in [-0.15, -0.1) is 11.8 Å². The lowest BCUT2D eigenvalue weighted by atomic mass is 9.73. The Morgan fingerprint density at radius 1 is 0.966 bits per heavy atom. The molecule has 2 aromatic carbocycles. The van der Waals surface area contributed by atoms with Crippen molar-refractivity contribution in [1.82, 2.24) is 0 Å². The molecule has 0 saturated heterocycles. The van der Waals surface area contributed by atoms with Gasteiger partial charge in [0.05, 0.1) is 0 Å². The van der Waals surface area contributed by atoms with Gasteiger partial charge >= 0.3 is 0 Å². The number of benzene rings is 2. The molecule has 29 heavy (non-hydrogen) atoms. The number of carbonyl (C=O) groups is 2. The minimum Gasteiger partial charge on any atom is -0.399 e. The van der Waals surface area contributed by atoms with Crippen molar-refractivity contribution >= 4 is 29.0 Å². The van der Waals surface area contributed by atoms with E-state index in [1.807, 2.05) is 24.3 Å². The Kier molecular flexibility index (Phi) is 7.18. The normalized spacial score (nSPS) is 19.6. The van der Waals surface area contributed by atoms with Gasteiger partial charge in [0.15, 0.2) is 0 Å². The monoisotopic (exact) mass is 409 g/mol. The first kappa shape index (κ1) is 21.6. The van der Waals surface area contributed by atoms with Crippen LogP contribution >= 0.6 is 11.8 Å². The second-order valence-electron chi connectivity index (χ2n) is 8.05. The summed E-state index contributed by atoms with van der Waals surface area (Å²) in [5, 5.41) is 0. The molecule has 0 aliphatic heterocycles. The molecule has 1 aliphatic carbocycles. The maximum atomic E-state index is 13.1. The summed E-state index contributed by atoms with van der Waals surface area (Å²) in [7, 11) is 0. The molecular formula is C25H31NO2S. The number of ketones is 2. The lowest BCUT2D eigenvalue weighted by Crippen LogP contribution is -2.33. The SMILES string of the molecule is CCc1cc(C)cc(CC)c1C1C(=O)CC(CCSc2ccc(N)cc2)CC1=O. The zero-order valence-electron chi connectivity index (χ0n) is 17.7. The number of Topliss-reactive ketones (excluding diaryl/α,β-unsaturated/α-hetero) is 2. The number of nitrogen functional groups attached to an aromatic ring is 1. The molecule has 3 nitrogen and oxygen atoms in total. The first-order valence-corrected chi connectivity index (χ1v) is 11.6. The molecule has 2 aromatic rings. The van der Waals surface area contributed by atoms with Gasteiger partial charge in [-0.05, 0) is 78.8 Å². The van der Waals surface area contributed by atoms with E-state index in [0.29, 0.717) is 12.8 Å². The molecule has 0 spiro atoms. The van der Waals surface area contributed by atoms with E-state index in [1.54, 1.807) is 11.8 Å². The molecule has 0 unspecified atom stereocenters. The van der Waals surface area contributed by atoms with E-state index in [2.05, 4.69) is 32.9 Å². The first-order valence-electron chi connectivity index (χ1n) is 10.6. The van der Waals surface area contributed by atoms with Crippen LogP contribution in [-0.2, 0) is 22.4 Å². The van der Waals surface area contributed by atoms with Gasteiger partial charge in [-0.1, -0.05) is 31.5 Å². The Balaban J connectivity index is 1.68. The molecule has 0 bridgehead atoms. The molecule has 0 heterocycles. The summed E-state index contributed by atoms with van der Waals surface area (Å²) in [6.45, 7) is 6.29. The van der Waals surface area contributed by atoms with Crippen LogP contribution in [0.15, 0.2) is 41.3 Å². The first-order chi connectivity index (χ1) is 13.9. The smallest absolute Gasteiger partial charge is 0.148 e. The van der Waals surface area contributed by atoms with Gasteiger partial charge in [0.25, 0.3) is 0 Å². The van der Waals surface area contributed by atoms with Crippen LogP contribution in [0.1, 0.15) is 61.3 Å². The van der Waals surface area contributed by atoms with Crippen LogP contribution in [0.2, 0.25) is 0 Å². The van der Waals surface area contributed by atoms with Crippen LogP contribution in [-0.4, -0.2) is 17.3 Å². The zero-order chi connectivity index (χ0) is 21.0. The number of thioether (sulfide) groups is 1. The minimum atomic E-state index is -0.554. The molecular weight excluding hydrogens is 378 g/mol. The number of rotatable bonds is 7. The molecule has 1 saturated carbocycles. The highest BCUT2D eigenvalue weighted by Crippen LogP contribution is 2.37. The van der Waals surface area contributed by atoms with Crippen molar-refractivity contribution in [3.8, 4) is 0 Å². The Morgan fingerprint density at radius 3 is 2.03 bits per heavy atom. The van der Waals surface area contributed by atoms with Crippen molar-refractivity contribution in [3.05, 3.63) is 58.7 Å². The van der Waals surface area contributed by atoms with Crippen molar-refractivity contribution < 1.29 is 9.59 Å². The average Bonchev–Trinajstić information content (AvgIpc) is 2.69. The number of carbonyl (C=O) groups excluding carboxylic acids is 2. The van der Waals surface area contributed by atoms with E-state index < -0.39 is 5.92 Å². The van der Waals surface area contributed by atoms with Gasteiger partial charge in [-0.3, -0.25) is 9.59 Å². The van der Waals surface area contributed by atoms with Gasteiger partial charge in [0.2, 0.25) is 0 Å². The Morgan fingerprint density at radius 2 is 1.52 bits per heavy atom. The van der Waals surface area contributed by atoms with Crippen LogP contribution in [0.25, 0.3) is 0 Å². The number of nitrogens with two attached hydrogens (primary N) is 1. The van der Waals surface area contributed by atoms with Crippen LogP contribution < -0.4 is 5.73 Å². The molecule has 1 aliphatic rings. The summed E-state index contributed by atoms with van der Waals surface area (Å²) in [6, 6.07) is 12.1. The van der Waals surface area contributed by atoms with Gasteiger partial charge < -0.3 is 5.73 Å². The van der Waals surface area contributed by atoms with Crippen LogP contribution in [0.3, 0.4) is 0 Å². The Labute approximate surface area is 178 Å². The third kappa shape index (κ3) is 5.11. The number of aryl methyl sites for hydroxylation is 3. The van der Waals surface area contributed by atoms with E-state index in [9.17, 15) is 9.59 Å². The maximum Gasteiger partial charge on any atom is 0.148 e. The van der Waals surface area contributed by atoms with Crippen molar-refractivity contribution in [2.75, 3.05) is 11.5 Å². The molecule has 154 valence electrons. The summed E-state index contributed by atoms with van der Waals surface area (Å²) in [4.78, 5) is 27.3. The molecule has 1 fully saturated rings. The highest BCUT2D eigenvalue weighted by atomic mass is 32.2. The highest BCUT2D eigenvalue weighted by Gasteiger charge is 2.38. The van der Waals surface area contributed by atoms with Crippen molar-refractivity contribution in [3.63, 3.8) is 0 Å². The van der Waals surface area contributed by atoms with Crippen LogP contribution in [0.5, 0.6) is 0 Å². The van der Waals surface area contributed by atoms with Crippen molar-refractivity contribution in [2.45, 2.75) is 63.7 Å². The Bertz CT molecular complexity index is 845. The summed E-state index contributed by atoms with van der Waals surface area (Å²) >= 11 is 1.76. The topological polar surface area (TPSA) is 60.2 Å². The summed E-state index contributed by atoms with van der Waals surface area (Å²) in [5.41, 5.74) is 11.0. The minimum absolute atomic E-state index is 0.108. The average molecular weight is 410 g/mol. The van der Waals surface area contributed by atoms with E-state index in [-0.39, 0.29) is 17.5 Å². The standard InChI is InChI=1S/C25H31NO2S/c1-4-18-12-16(3)13-19(5-2)24(18)25-22(27)14-17(15-23(25)28)10-11-29-21-8-6-20(26)7-9-21/h6-9,12-13,17,25H,4-5,10-11,14-15,26H2,1-3H3. The lowest BCUT2D eigenvalue weighted by Gasteiger charge is -2.29. The van der Waals surface area contributed by atoms with Crippen LogP contribution in [0, 0.1) is 12.8 Å². The quantitative estimate of drug-likeness (QED) is 0.372. The lowest BCUT2D eigenvalue weighted by molar-refractivity contribution is -0.133. The van der Waals surface area contributed by atoms with Gasteiger partial charge in [-0.2, -0.15) is 0 Å². The fourth-order valence-corrected chi connectivity index (χ4v) is 5.41. The number of anilines is 1. The molecule has 0 radical (unpaired) electrons. The van der Waals surface area contributed by atoms with Crippen molar-refractivity contribution in [1.29, 1.82) is 0 Å². The largest absolute Gasteiger partial charge is 0.399 e. The summed E-state index contributed by atoms with van der Waals surface area (Å²) in [6.07, 6.45) is 3.61. The highest BCUT2D eigenvalue weighted by molar-refractivity contribution is 7.99. The van der Waals surface area contributed by atoms with E-state index in [0.717, 1.165) is 47.4 Å². The second-order valence-corrected chi connectivity index (χ2v) is 9.22. The number of hydrogen-bond acceptors (Lipinski definition) is 4. The zero-order valence-corrected chi connectivity index (χ0v) is 18.5. The second kappa shape index (κ2) is 9.62. The molecule has 0 amide bonds. The Hall–Kier alpha value is -2.07. The van der Waals surface area contributed by atoms with E-state index in [4.69, 9.17) is 5.73 Å². The predicted molar refractivity (Wildman–Crippen MR) is 122 cm³/mol. The third-order valence-electron chi connectivity index (χ3n) is 5.84. The van der Waals surface area contributed by atoms with Crippen molar-refractivity contribution in [2.24, 2.45) is 5.92 Å².